The summed E-state index contributed by atoms with van der Waals surface area (Å²) in [6.07, 6.45) is 3.86. The summed E-state index contributed by atoms with van der Waals surface area (Å²) in [6.45, 7) is 0.554. The van der Waals surface area contributed by atoms with Gasteiger partial charge < -0.3 is 0 Å². The number of Topliss-reactive ketones (excluding diaryl/α,β-unsaturated/α-hetero) is 1. The van der Waals surface area contributed by atoms with E-state index >= 15 is 0 Å². The largest absolute Gasteiger partial charge is 0.293 e. The first-order valence-corrected chi connectivity index (χ1v) is 12.3. The van der Waals surface area contributed by atoms with Gasteiger partial charge in [0.05, 0.1) is 11.1 Å². The van der Waals surface area contributed by atoms with Crippen molar-refractivity contribution in [2.45, 2.75) is 37.4 Å². The first-order valence-electron chi connectivity index (χ1n) is 10.5. The smallest absolute Gasteiger partial charge is 0.263 e. The molecule has 156 valence electrons. The van der Waals surface area contributed by atoms with E-state index in [0.717, 1.165) is 35.9 Å². The van der Waals surface area contributed by atoms with Crippen molar-refractivity contribution in [2.24, 2.45) is 0 Å². The number of aryl methyl sites for hydroxylation is 3. The molecule has 0 amide bonds. The number of fused-ring (bicyclic) bond motifs is 3. The number of carbonyl (C=O) groups is 1. The molecule has 4 aromatic rings. The van der Waals surface area contributed by atoms with Crippen molar-refractivity contribution in [1.82, 2.24) is 9.55 Å². The molecular weight excluding hydrogens is 424 g/mol. The molecule has 31 heavy (non-hydrogen) atoms. The van der Waals surface area contributed by atoms with Crippen LogP contribution in [0.2, 0.25) is 0 Å². The van der Waals surface area contributed by atoms with Crippen molar-refractivity contribution >= 4 is 39.1 Å². The fourth-order valence-corrected chi connectivity index (χ4v) is 6.31. The van der Waals surface area contributed by atoms with Crippen molar-refractivity contribution in [1.29, 1.82) is 0 Å². The predicted octanol–water partition coefficient (Wildman–Crippen LogP) is 5.16. The molecule has 0 saturated carbocycles. The van der Waals surface area contributed by atoms with Gasteiger partial charge in [-0.05, 0) is 36.8 Å². The molecule has 0 spiro atoms. The fourth-order valence-electron chi connectivity index (χ4n) is 4.09. The topological polar surface area (TPSA) is 52.0 Å². The lowest BCUT2D eigenvalue weighted by Gasteiger charge is -2.12. The molecule has 1 aliphatic rings. The zero-order valence-electron chi connectivity index (χ0n) is 17.0. The molecule has 0 bridgehead atoms. The average Bonchev–Trinajstić information content (AvgIpc) is 3.39. The minimum Gasteiger partial charge on any atom is -0.293 e. The lowest BCUT2D eigenvalue weighted by molar-refractivity contribution is 0.102. The molecule has 2 aromatic heterocycles. The third kappa shape index (κ3) is 4.10. The van der Waals surface area contributed by atoms with Crippen molar-refractivity contribution in [2.75, 3.05) is 5.75 Å². The highest BCUT2D eigenvalue weighted by molar-refractivity contribution is 7.99. The summed E-state index contributed by atoms with van der Waals surface area (Å²) in [5.74, 6) is 0.307. The van der Waals surface area contributed by atoms with Crippen LogP contribution in [0.25, 0.3) is 10.2 Å². The summed E-state index contributed by atoms with van der Waals surface area (Å²) >= 11 is 3.01. The van der Waals surface area contributed by atoms with Gasteiger partial charge in [0.15, 0.2) is 10.9 Å². The van der Waals surface area contributed by atoms with Crippen LogP contribution >= 0.6 is 23.1 Å². The Bertz CT molecular complexity index is 1290. The molecule has 2 heterocycles. The molecule has 2 aromatic carbocycles. The Morgan fingerprint density at radius 3 is 2.55 bits per heavy atom. The van der Waals surface area contributed by atoms with Gasteiger partial charge in [0, 0.05) is 17.0 Å². The SMILES string of the molecule is O=C(CSc1nc2sc3c(c2c(=O)n1CCc1ccccc1)CCC3)c1ccccc1. The normalized spacial score (nSPS) is 12.9. The Morgan fingerprint density at radius 2 is 1.77 bits per heavy atom. The molecule has 0 radical (unpaired) electrons. The minimum absolute atomic E-state index is 0.0370. The van der Waals surface area contributed by atoms with Gasteiger partial charge in [0.25, 0.3) is 5.56 Å². The van der Waals surface area contributed by atoms with Gasteiger partial charge in [-0.25, -0.2) is 4.98 Å². The van der Waals surface area contributed by atoms with Crippen molar-refractivity contribution in [3.63, 3.8) is 0 Å². The Hall–Kier alpha value is -2.70. The van der Waals surface area contributed by atoms with Crippen LogP contribution in [0.5, 0.6) is 0 Å². The summed E-state index contributed by atoms with van der Waals surface area (Å²) in [6, 6.07) is 19.5. The van der Waals surface area contributed by atoms with E-state index in [1.807, 2.05) is 48.5 Å². The van der Waals surface area contributed by atoms with Gasteiger partial charge in [-0.15, -0.1) is 11.3 Å². The monoisotopic (exact) mass is 446 g/mol. The van der Waals surface area contributed by atoms with Gasteiger partial charge >= 0.3 is 0 Å². The molecule has 0 N–H and O–H groups in total. The molecule has 6 heteroatoms. The standard InChI is InChI=1S/C25H22N2O2S2/c28-20(18-10-5-2-6-11-18)16-30-25-26-23-22(19-12-7-13-21(19)31-23)24(29)27(25)15-14-17-8-3-1-4-9-17/h1-6,8-11H,7,12-16H2. The zero-order valence-corrected chi connectivity index (χ0v) is 18.7. The summed E-state index contributed by atoms with van der Waals surface area (Å²) in [4.78, 5) is 33.2. The van der Waals surface area contributed by atoms with E-state index in [4.69, 9.17) is 4.98 Å². The Morgan fingerprint density at radius 1 is 1.03 bits per heavy atom. The molecular formula is C25H22N2O2S2. The molecule has 0 fully saturated rings. The predicted molar refractivity (Wildman–Crippen MR) is 128 cm³/mol. The fraction of sp³-hybridized carbons (Fsp3) is 0.240. The van der Waals surface area contributed by atoms with Crippen molar-refractivity contribution < 1.29 is 4.79 Å². The molecule has 4 nitrogen and oxygen atoms in total. The Kier molecular flexibility index (Phi) is 5.74. The molecule has 0 saturated heterocycles. The number of aromatic nitrogens is 2. The van der Waals surface area contributed by atoms with Crippen LogP contribution in [-0.4, -0.2) is 21.1 Å². The number of benzene rings is 2. The second-order valence-electron chi connectivity index (χ2n) is 7.70. The van der Waals surface area contributed by atoms with Gasteiger partial charge in [0.2, 0.25) is 0 Å². The third-order valence-electron chi connectivity index (χ3n) is 5.68. The van der Waals surface area contributed by atoms with Crippen LogP contribution in [0.4, 0.5) is 0 Å². The molecule has 5 rings (SSSR count). The molecule has 1 aliphatic carbocycles. The zero-order chi connectivity index (χ0) is 21.2. The molecule has 0 aliphatic heterocycles. The van der Waals surface area contributed by atoms with E-state index in [0.29, 0.717) is 17.3 Å². The second kappa shape index (κ2) is 8.81. The number of rotatable bonds is 7. The number of ketones is 1. The number of thiophene rings is 1. The number of nitrogens with zero attached hydrogens (tertiary/aromatic N) is 2. The van der Waals surface area contributed by atoms with E-state index in [1.54, 1.807) is 15.9 Å². The maximum absolute atomic E-state index is 13.5. The van der Waals surface area contributed by atoms with Crippen molar-refractivity contribution in [3.05, 3.63) is 92.6 Å². The highest BCUT2D eigenvalue weighted by atomic mass is 32.2. The number of thioether (sulfide) groups is 1. The highest BCUT2D eigenvalue weighted by Crippen LogP contribution is 2.35. The molecule has 0 atom stereocenters. The maximum Gasteiger partial charge on any atom is 0.263 e. The quantitative estimate of drug-likeness (QED) is 0.223. The maximum atomic E-state index is 13.5. The second-order valence-corrected chi connectivity index (χ2v) is 9.73. The van der Waals surface area contributed by atoms with Crippen LogP contribution < -0.4 is 5.56 Å². The van der Waals surface area contributed by atoms with E-state index in [-0.39, 0.29) is 17.1 Å². The number of carbonyl (C=O) groups excluding carboxylic acids is 1. The van der Waals surface area contributed by atoms with Crippen LogP contribution in [0.1, 0.15) is 32.8 Å². The van der Waals surface area contributed by atoms with E-state index in [1.165, 1.54) is 27.8 Å². The average molecular weight is 447 g/mol. The van der Waals surface area contributed by atoms with E-state index in [2.05, 4.69) is 12.1 Å². The van der Waals surface area contributed by atoms with Gasteiger partial charge in [-0.2, -0.15) is 0 Å². The Balaban J connectivity index is 1.49. The van der Waals surface area contributed by atoms with Crippen molar-refractivity contribution in [3.8, 4) is 0 Å². The first kappa shape index (κ1) is 20.2. The van der Waals surface area contributed by atoms with Gasteiger partial charge in [0.1, 0.15) is 4.83 Å². The van der Waals surface area contributed by atoms with E-state index in [9.17, 15) is 9.59 Å². The van der Waals surface area contributed by atoms with Crippen LogP contribution in [-0.2, 0) is 25.8 Å². The van der Waals surface area contributed by atoms with Gasteiger partial charge in [-0.3, -0.25) is 14.2 Å². The first-order chi connectivity index (χ1) is 15.2. The lowest BCUT2D eigenvalue weighted by atomic mass is 10.1. The summed E-state index contributed by atoms with van der Waals surface area (Å²) in [7, 11) is 0. The summed E-state index contributed by atoms with van der Waals surface area (Å²) in [5, 5.41) is 1.43. The van der Waals surface area contributed by atoms with Gasteiger partial charge in [-0.1, -0.05) is 72.4 Å². The van der Waals surface area contributed by atoms with Crippen LogP contribution in [0, 0.1) is 0 Å². The highest BCUT2D eigenvalue weighted by Gasteiger charge is 2.23. The lowest BCUT2D eigenvalue weighted by Crippen LogP contribution is -2.25. The third-order valence-corrected chi connectivity index (χ3v) is 7.85. The van der Waals surface area contributed by atoms with E-state index < -0.39 is 0 Å². The minimum atomic E-state index is 0.0370. The van der Waals surface area contributed by atoms with Crippen LogP contribution in [0.3, 0.4) is 0 Å². The Labute approximate surface area is 189 Å². The number of hydrogen-bond donors (Lipinski definition) is 0. The summed E-state index contributed by atoms with van der Waals surface area (Å²) in [5.41, 5.74) is 3.10. The molecule has 0 unspecified atom stereocenters. The summed E-state index contributed by atoms with van der Waals surface area (Å²) < 4.78 is 1.78. The van der Waals surface area contributed by atoms with Crippen LogP contribution in [0.15, 0.2) is 70.6 Å². The number of hydrogen-bond acceptors (Lipinski definition) is 5.